The normalized spacial score (nSPS) is 11.6. The number of benzene rings is 3. The van der Waals surface area contributed by atoms with E-state index in [0.29, 0.717) is 17.1 Å². The minimum Gasteiger partial charge on any atom is -0.395 e. The summed E-state index contributed by atoms with van der Waals surface area (Å²) in [5, 5.41) is 2.68. The van der Waals surface area contributed by atoms with Crippen molar-refractivity contribution in [2.45, 2.75) is 12.6 Å². The van der Waals surface area contributed by atoms with Gasteiger partial charge >= 0.3 is 0 Å². The van der Waals surface area contributed by atoms with Crippen LogP contribution in [0.2, 0.25) is 0 Å². The number of aromatic nitrogens is 1. The van der Waals surface area contributed by atoms with Crippen molar-refractivity contribution in [1.82, 2.24) is 9.69 Å². The number of nitrogens with two attached hydrogens (primary N) is 2. The smallest absolute Gasteiger partial charge is 0.273 e. The van der Waals surface area contributed by atoms with Crippen LogP contribution in [0.25, 0.3) is 0 Å². The van der Waals surface area contributed by atoms with Gasteiger partial charge < -0.3 is 16.8 Å². The van der Waals surface area contributed by atoms with E-state index >= 15 is 0 Å². The molecule has 5 N–H and O–H groups in total. The highest BCUT2D eigenvalue weighted by Gasteiger charge is 2.36. The molecule has 38 heavy (non-hydrogen) atoms. The Kier molecular flexibility index (Phi) is 7.72. The molecule has 0 aliphatic carbocycles. The van der Waals surface area contributed by atoms with Crippen LogP contribution in [0.4, 0.5) is 24.5 Å². The first kappa shape index (κ1) is 26.4. The molecule has 0 unspecified atom stereocenters. The van der Waals surface area contributed by atoms with Crippen molar-refractivity contribution in [1.29, 1.82) is 0 Å². The summed E-state index contributed by atoms with van der Waals surface area (Å²) in [5.41, 5.74) is 11.4. The van der Waals surface area contributed by atoms with Gasteiger partial charge in [-0.15, -0.1) is 0 Å². The fraction of sp³-hybridized carbons (Fsp3) is 0.0769. The maximum absolute atomic E-state index is 14.3. The molecule has 3 aromatic carbocycles. The first-order chi connectivity index (χ1) is 18.2. The lowest BCUT2D eigenvalue weighted by Gasteiger charge is -2.31. The highest BCUT2D eigenvalue weighted by atomic mass is 32.1. The standard InChI is InChI=1S/C26H20F3N5O3S/c27-16-8-4-14(5-9-16)13-32-25(36)22(15-6-10-17(28)11-7-15)34(19-3-1-2-18(29)12-19)26(37)23-20(30)21(24(31)35)33-38-23/h1-12,22H,13,30H2,(H2,31,35)(H,32,36)/t22-/m0/s1. The lowest BCUT2D eigenvalue weighted by Crippen LogP contribution is -2.44. The van der Waals surface area contributed by atoms with E-state index in [4.69, 9.17) is 11.5 Å². The van der Waals surface area contributed by atoms with Crippen molar-refractivity contribution >= 4 is 40.6 Å². The molecule has 1 atom stereocenters. The summed E-state index contributed by atoms with van der Waals surface area (Å²) in [6, 6.07) is 13.7. The van der Waals surface area contributed by atoms with Gasteiger partial charge in [-0.1, -0.05) is 30.3 Å². The molecule has 3 amide bonds. The lowest BCUT2D eigenvalue weighted by atomic mass is 10.0. The third kappa shape index (κ3) is 5.65. The maximum atomic E-state index is 14.3. The van der Waals surface area contributed by atoms with E-state index < -0.39 is 41.2 Å². The largest absolute Gasteiger partial charge is 0.395 e. The number of hydrogen-bond donors (Lipinski definition) is 3. The van der Waals surface area contributed by atoms with Crippen molar-refractivity contribution in [3.8, 4) is 0 Å². The second-order valence-electron chi connectivity index (χ2n) is 8.09. The number of halogens is 3. The molecule has 0 aliphatic heterocycles. The van der Waals surface area contributed by atoms with Crippen molar-refractivity contribution in [2.24, 2.45) is 5.73 Å². The van der Waals surface area contributed by atoms with E-state index in [-0.39, 0.29) is 34.1 Å². The van der Waals surface area contributed by atoms with Crippen LogP contribution in [0.15, 0.2) is 72.8 Å². The summed E-state index contributed by atoms with van der Waals surface area (Å²) in [7, 11) is 0. The monoisotopic (exact) mass is 539 g/mol. The van der Waals surface area contributed by atoms with Crippen LogP contribution in [0.5, 0.6) is 0 Å². The molecule has 12 heteroatoms. The van der Waals surface area contributed by atoms with E-state index in [9.17, 15) is 27.6 Å². The van der Waals surface area contributed by atoms with Crippen LogP contribution in [-0.4, -0.2) is 22.1 Å². The number of carbonyl (C=O) groups is 3. The number of nitrogens with one attached hydrogen (secondary N) is 1. The molecule has 8 nitrogen and oxygen atoms in total. The summed E-state index contributed by atoms with van der Waals surface area (Å²) in [4.78, 5) is 39.9. The van der Waals surface area contributed by atoms with E-state index in [2.05, 4.69) is 9.69 Å². The van der Waals surface area contributed by atoms with Crippen molar-refractivity contribution < 1.29 is 27.6 Å². The highest BCUT2D eigenvalue weighted by Crippen LogP contribution is 2.33. The summed E-state index contributed by atoms with van der Waals surface area (Å²) >= 11 is 0.590. The lowest BCUT2D eigenvalue weighted by molar-refractivity contribution is -0.122. The number of amides is 3. The van der Waals surface area contributed by atoms with Gasteiger partial charge in [0, 0.05) is 12.2 Å². The maximum Gasteiger partial charge on any atom is 0.273 e. The van der Waals surface area contributed by atoms with E-state index in [1.54, 1.807) is 0 Å². The van der Waals surface area contributed by atoms with Gasteiger partial charge in [0.1, 0.15) is 28.4 Å². The Hall–Kier alpha value is -4.71. The Morgan fingerprint density at radius 1 is 0.921 bits per heavy atom. The minimum atomic E-state index is -1.44. The van der Waals surface area contributed by atoms with Crippen LogP contribution in [-0.2, 0) is 11.3 Å². The van der Waals surface area contributed by atoms with Crippen LogP contribution in [0, 0.1) is 17.5 Å². The van der Waals surface area contributed by atoms with Gasteiger partial charge in [-0.2, -0.15) is 4.37 Å². The van der Waals surface area contributed by atoms with Gasteiger partial charge in [-0.3, -0.25) is 19.3 Å². The van der Waals surface area contributed by atoms with Gasteiger partial charge in [0.05, 0.1) is 5.69 Å². The summed E-state index contributed by atoms with van der Waals surface area (Å²) in [6.07, 6.45) is 0. The van der Waals surface area contributed by atoms with Gasteiger partial charge in [0.15, 0.2) is 5.69 Å². The third-order valence-corrected chi connectivity index (χ3v) is 6.38. The molecule has 194 valence electrons. The average molecular weight is 540 g/mol. The quantitative estimate of drug-likeness (QED) is 0.312. The zero-order valence-electron chi connectivity index (χ0n) is 19.5. The molecule has 0 radical (unpaired) electrons. The zero-order chi connectivity index (χ0) is 27.4. The summed E-state index contributed by atoms with van der Waals surface area (Å²) < 4.78 is 45.2. The molecule has 0 aliphatic rings. The molecule has 0 fully saturated rings. The predicted octanol–water partition coefficient (Wildman–Crippen LogP) is 3.95. The average Bonchev–Trinajstić information content (AvgIpc) is 3.28. The molecule has 4 aromatic rings. The summed E-state index contributed by atoms with van der Waals surface area (Å²) in [6.45, 7) is -0.0312. The van der Waals surface area contributed by atoms with Crippen molar-refractivity contribution in [2.75, 3.05) is 10.6 Å². The number of rotatable bonds is 8. The van der Waals surface area contributed by atoms with Crippen LogP contribution in [0.1, 0.15) is 37.3 Å². The van der Waals surface area contributed by atoms with E-state index in [1.807, 2.05) is 0 Å². The van der Waals surface area contributed by atoms with Crippen LogP contribution in [0.3, 0.4) is 0 Å². The molecule has 0 saturated carbocycles. The first-order valence-corrected chi connectivity index (χ1v) is 11.8. The molecule has 4 rings (SSSR count). The Balaban J connectivity index is 1.81. The number of carbonyl (C=O) groups excluding carboxylic acids is 3. The van der Waals surface area contributed by atoms with Gasteiger partial charge in [-0.05, 0) is 65.1 Å². The molecule has 0 bridgehead atoms. The Labute approximate surface area is 218 Å². The Morgan fingerprint density at radius 2 is 1.55 bits per heavy atom. The van der Waals surface area contributed by atoms with Gasteiger partial charge in [0.25, 0.3) is 11.8 Å². The van der Waals surface area contributed by atoms with Crippen LogP contribution < -0.4 is 21.7 Å². The van der Waals surface area contributed by atoms with E-state index in [0.717, 1.165) is 29.2 Å². The van der Waals surface area contributed by atoms with Crippen LogP contribution >= 0.6 is 11.5 Å². The highest BCUT2D eigenvalue weighted by molar-refractivity contribution is 7.09. The van der Waals surface area contributed by atoms with Gasteiger partial charge in [0.2, 0.25) is 5.91 Å². The summed E-state index contributed by atoms with van der Waals surface area (Å²) in [5.74, 6) is -4.27. The van der Waals surface area contributed by atoms with E-state index in [1.165, 1.54) is 48.5 Å². The SMILES string of the molecule is NC(=O)c1nsc(C(=O)N(c2cccc(F)c2)[C@H](C(=O)NCc2ccc(F)cc2)c2ccc(F)cc2)c1N. The molecule has 0 spiro atoms. The first-order valence-electron chi connectivity index (χ1n) is 11.1. The Bertz CT molecular complexity index is 1490. The Morgan fingerprint density at radius 3 is 2.13 bits per heavy atom. The number of nitrogen functional groups attached to an aromatic ring is 1. The second-order valence-corrected chi connectivity index (χ2v) is 8.87. The molecular formula is C26H20F3N5O3S. The fourth-order valence-electron chi connectivity index (χ4n) is 3.70. The molecule has 1 aromatic heterocycles. The predicted molar refractivity (Wildman–Crippen MR) is 136 cm³/mol. The molecule has 0 saturated heterocycles. The minimum absolute atomic E-state index is 0.0188. The number of anilines is 2. The topological polar surface area (TPSA) is 131 Å². The fourth-order valence-corrected chi connectivity index (χ4v) is 4.44. The zero-order valence-corrected chi connectivity index (χ0v) is 20.3. The molecular weight excluding hydrogens is 519 g/mol. The number of nitrogens with zero attached hydrogens (tertiary/aromatic N) is 2. The number of primary amides is 1. The van der Waals surface area contributed by atoms with Crippen molar-refractivity contribution in [3.63, 3.8) is 0 Å². The van der Waals surface area contributed by atoms with Crippen molar-refractivity contribution in [3.05, 3.63) is 112 Å². The number of hydrogen-bond acceptors (Lipinski definition) is 6. The third-order valence-electron chi connectivity index (χ3n) is 5.53. The molecule has 1 heterocycles. The van der Waals surface area contributed by atoms with Gasteiger partial charge in [-0.25, -0.2) is 13.2 Å². The second kappa shape index (κ2) is 11.1.